The highest BCUT2D eigenvalue weighted by atomic mass is 28.4. The van der Waals surface area contributed by atoms with Crippen LogP contribution in [0.1, 0.15) is 20.8 Å². The molecule has 0 spiro atoms. The molecule has 3 nitrogen and oxygen atoms in total. The summed E-state index contributed by atoms with van der Waals surface area (Å²) in [5.74, 6) is 0. The van der Waals surface area contributed by atoms with Gasteiger partial charge in [0.1, 0.15) is 12.2 Å². The van der Waals surface area contributed by atoms with E-state index in [1.807, 2.05) is 6.08 Å². The molecule has 2 heterocycles. The molecule has 0 unspecified atom stereocenters. The van der Waals surface area contributed by atoms with Gasteiger partial charge in [0.25, 0.3) is 8.32 Å². The van der Waals surface area contributed by atoms with Crippen molar-refractivity contribution in [3.8, 4) is 0 Å². The molecule has 0 aliphatic carbocycles. The predicted octanol–water partition coefficient (Wildman–Crippen LogP) is 3.24. The minimum Gasteiger partial charge on any atom is -0.492 e. The second kappa shape index (κ2) is 6.69. The fourth-order valence-corrected chi connectivity index (χ4v) is 8.84. The van der Waals surface area contributed by atoms with E-state index in [0.29, 0.717) is 6.61 Å². The van der Waals surface area contributed by atoms with Gasteiger partial charge in [-0.2, -0.15) is 0 Å². The van der Waals surface area contributed by atoms with Gasteiger partial charge in [-0.25, -0.2) is 0 Å². The molecule has 1 fully saturated rings. The lowest BCUT2D eigenvalue weighted by molar-refractivity contribution is 0.0547. The second-order valence-electron chi connectivity index (χ2n) is 8.05. The van der Waals surface area contributed by atoms with Crippen LogP contribution >= 0.6 is 0 Å². The van der Waals surface area contributed by atoms with Crippen LogP contribution in [0.4, 0.5) is 0 Å². The van der Waals surface area contributed by atoms with Crippen LogP contribution in [0.2, 0.25) is 5.04 Å². The molecular weight excluding hydrogens is 340 g/mol. The Bertz CT molecular complexity index is 727. The molecule has 0 aromatic heterocycles. The highest BCUT2D eigenvalue weighted by Crippen LogP contribution is 2.39. The Morgan fingerprint density at radius 1 is 0.923 bits per heavy atom. The molecule has 4 rings (SSSR count). The number of benzene rings is 2. The Hall–Kier alpha value is -1.88. The Kier molecular flexibility index (Phi) is 4.51. The third-order valence-electron chi connectivity index (χ3n) is 5.39. The third-order valence-corrected chi connectivity index (χ3v) is 10.5. The van der Waals surface area contributed by atoms with E-state index in [1.165, 1.54) is 10.4 Å². The fourth-order valence-electron chi connectivity index (χ4n) is 4.17. The highest BCUT2D eigenvalue weighted by molar-refractivity contribution is 6.99. The molecule has 4 heteroatoms. The maximum atomic E-state index is 7.10. The summed E-state index contributed by atoms with van der Waals surface area (Å²) in [7, 11) is -2.56. The zero-order valence-corrected chi connectivity index (χ0v) is 16.6. The first-order valence-corrected chi connectivity index (χ1v) is 11.2. The Balaban J connectivity index is 1.83. The summed E-state index contributed by atoms with van der Waals surface area (Å²) in [4.78, 5) is 0. The minimum absolute atomic E-state index is 0.0122. The molecule has 0 bridgehead atoms. The van der Waals surface area contributed by atoms with Gasteiger partial charge in [-0.1, -0.05) is 81.4 Å². The standard InChI is InChI=1S/C22H26O3Si/c1-22(2,3)26(17-10-6-4-7-11-17,18-12-8-5-9-13-18)25-20-16-24-19-14-15-23-21(19)20/h4-15,19-21H,16H2,1-3H3/t19-,20+,21+/m1/s1. The van der Waals surface area contributed by atoms with Crippen molar-refractivity contribution in [2.45, 2.75) is 44.1 Å². The van der Waals surface area contributed by atoms with Gasteiger partial charge in [-0.05, 0) is 21.5 Å². The van der Waals surface area contributed by atoms with Crippen LogP contribution in [0.15, 0.2) is 73.0 Å². The van der Waals surface area contributed by atoms with Crippen molar-refractivity contribution in [2.75, 3.05) is 6.61 Å². The summed E-state index contributed by atoms with van der Waals surface area (Å²) in [6.45, 7) is 7.45. The lowest BCUT2D eigenvalue weighted by Gasteiger charge is -2.45. The number of ether oxygens (including phenoxy) is 2. The van der Waals surface area contributed by atoms with Crippen LogP contribution in [0, 0.1) is 0 Å². The Morgan fingerprint density at radius 2 is 1.50 bits per heavy atom. The summed E-state index contributed by atoms with van der Waals surface area (Å²) < 4.78 is 18.8. The normalized spacial score (nSPS) is 25.1. The first kappa shape index (κ1) is 17.5. The number of rotatable bonds is 4. The van der Waals surface area contributed by atoms with Crippen molar-refractivity contribution in [3.63, 3.8) is 0 Å². The molecular formula is C22H26O3Si. The van der Waals surface area contributed by atoms with E-state index in [1.54, 1.807) is 6.26 Å². The molecule has 2 aliphatic heterocycles. The van der Waals surface area contributed by atoms with Gasteiger partial charge in [-0.15, -0.1) is 0 Å². The SMILES string of the molecule is CC(C)(C)[Si](O[C@H]1CO[C@@H]2C=CO[C@H]12)(c1ccccc1)c1ccccc1. The molecule has 2 aliphatic rings. The lowest BCUT2D eigenvalue weighted by atomic mass is 10.2. The molecule has 0 N–H and O–H groups in total. The summed E-state index contributed by atoms with van der Waals surface area (Å²) in [5.41, 5.74) is 0. The maximum Gasteiger partial charge on any atom is 0.261 e. The predicted molar refractivity (Wildman–Crippen MR) is 106 cm³/mol. The van der Waals surface area contributed by atoms with Crippen LogP contribution in [0.25, 0.3) is 0 Å². The van der Waals surface area contributed by atoms with Gasteiger partial charge in [0.05, 0.1) is 12.9 Å². The van der Waals surface area contributed by atoms with Gasteiger partial charge < -0.3 is 13.9 Å². The van der Waals surface area contributed by atoms with E-state index in [-0.39, 0.29) is 23.4 Å². The number of hydrogen-bond donors (Lipinski definition) is 0. The molecule has 2 aromatic carbocycles. The lowest BCUT2D eigenvalue weighted by Crippen LogP contribution is -2.68. The van der Waals surface area contributed by atoms with E-state index in [4.69, 9.17) is 13.9 Å². The van der Waals surface area contributed by atoms with Crippen molar-refractivity contribution < 1.29 is 13.9 Å². The van der Waals surface area contributed by atoms with Crippen molar-refractivity contribution in [3.05, 3.63) is 73.0 Å². The average Bonchev–Trinajstić information content (AvgIpc) is 3.24. The molecule has 2 aromatic rings. The van der Waals surface area contributed by atoms with Gasteiger partial charge in [0.15, 0.2) is 6.10 Å². The van der Waals surface area contributed by atoms with Crippen molar-refractivity contribution in [1.82, 2.24) is 0 Å². The molecule has 0 amide bonds. The van der Waals surface area contributed by atoms with Crippen molar-refractivity contribution in [2.24, 2.45) is 0 Å². The zero-order chi connectivity index (χ0) is 18.2. The minimum atomic E-state index is -2.56. The molecule has 1 saturated heterocycles. The number of hydrogen-bond acceptors (Lipinski definition) is 3. The average molecular weight is 367 g/mol. The van der Waals surface area contributed by atoms with Crippen molar-refractivity contribution in [1.29, 1.82) is 0 Å². The summed E-state index contributed by atoms with van der Waals surface area (Å²) >= 11 is 0. The Labute approximate surface area is 156 Å². The quantitative estimate of drug-likeness (QED) is 0.778. The van der Waals surface area contributed by atoms with Crippen LogP contribution in [-0.4, -0.2) is 33.2 Å². The molecule has 0 radical (unpaired) electrons. The fraction of sp³-hybridized carbons (Fsp3) is 0.364. The number of fused-ring (bicyclic) bond motifs is 1. The largest absolute Gasteiger partial charge is 0.492 e. The van der Waals surface area contributed by atoms with E-state index in [0.717, 1.165) is 0 Å². The second-order valence-corrected chi connectivity index (χ2v) is 12.3. The maximum absolute atomic E-state index is 7.10. The van der Waals surface area contributed by atoms with Gasteiger partial charge in [-0.3, -0.25) is 0 Å². The zero-order valence-electron chi connectivity index (χ0n) is 15.6. The smallest absolute Gasteiger partial charge is 0.261 e. The summed E-state index contributed by atoms with van der Waals surface area (Å²) in [6, 6.07) is 21.4. The third kappa shape index (κ3) is 2.82. The monoisotopic (exact) mass is 366 g/mol. The van der Waals surface area contributed by atoms with Crippen LogP contribution < -0.4 is 10.4 Å². The summed E-state index contributed by atoms with van der Waals surface area (Å²) in [5, 5.41) is 2.53. The van der Waals surface area contributed by atoms with Gasteiger partial charge >= 0.3 is 0 Å². The highest BCUT2D eigenvalue weighted by Gasteiger charge is 2.54. The van der Waals surface area contributed by atoms with E-state index < -0.39 is 8.32 Å². The summed E-state index contributed by atoms with van der Waals surface area (Å²) in [6.07, 6.45) is 3.63. The molecule has 136 valence electrons. The topological polar surface area (TPSA) is 27.7 Å². The van der Waals surface area contributed by atoms with Crippen LogP contribution in [0.5, 0.6) is 0 Å². The van der Waals surface area contributed by atoms with Gasteiger partial charge in [0, 0.05) is 0 Å². The van der Waals surface area contributed by atoms with Gasteiger partial charge in [0.2, 0.25) is 0 Å². The van der Waals surface area contributed by atoms with E-state index in [9.17, 15) is 0 Å². The van der Waals surface area contributed by atoms with Crippen LogP contribution in [0.3, 0.4) is 0 Å². The van der Waals surface area contributed by atoms with Crippen molar-refractivity contribution >= 4 is 18.7 Å². The van der Waals surface area contributed by atoms with Crippen LogP contribution in [-0.2, 0) is 13.9 Å². The first-order valence-electron chi connectivity index (χ1n) is 9.25. The van der Waals surface area contributed by atoms with E-state index >= 15 is 0 Å². The molecule has 0 saturated carbocycles. The first-order chi connectivity index (χ1) is 12.5. The molecule has 26 heavy (non-hydrogen) atoms. The van der Waals surface area contributed by atoms with E-state index in [2.05, 4.69) is 81.4 Å². The Morgan fingerprint density at radius 3 is 2.04 bits per heavy atom. The molecule has 3 atom stereocenters.